The zero-order valence-electron chi connectivity index (χ0n) is 8.90. The van der Waals surface area contributed by atoms with Crippen molar-refractivity contribution in [1.29, 1.82) is 0 Å². The Balaban J connectivity index is 2.33. The van der Waals surface area contributed by atoms with Gasteiger partial charge in [-0.15, -0.1) is 0 Å². The van der Waals surface area contributed by atoms with Gasteiger partial charge in [0.25, 0.3) is 0 Å². The molecular weight excluding hydrogens is 158 g/mol. The third-order valence-electron chi connectivity index (χ3n) is 2.47. The summed E-state index contributed by atoms with van der Waals surface area (Å²) in [7, 11) is 0. The quantitative estimate of drug-likeness (QED) is 0.657. The molecule has 1 aliphatic rings. The van der Waals surface area contributed by atoms with E-state index in [0.29, 0.717) is 6.04 Å². The first-order valence-corrected chi connectivity index (χ1v) is 5.24. The standard InChI is InChI=1S/C12H21N/c1-10(2)8-11(3)9-12-6-4-5-7-13-12/h8,12-13H,1,4-7,9H2,2-3H3/b11-8-. The van der Waals surface area contributed by atoms with Gasteiger partial charge in [-0.05, 0) is 39.7 Å². The number of hydrogen-bond acceptors (Lipinski definition) is 1. The maximum Gasteiger partial charge on any atom is 0.0104 e. The number of allylic oxidation sites excluding steroid dienone is 2. The highest BCUT2D eigenvalue weighted by Crippen LogP contribution is 2.15. The van der Waals surface area contributed by atoms with Crippen molar-refractivity contribution < 1.29 is 0 Å². The van der Waals surface area contributed by atoms with Crippen molar-refractivity contribution in [3.8, 4) is 0 Å². The maximum atomic E-state index is 3.89. The van der Waals surface area contributed by atoms with Gasteiger partial charge in [0.1, 0.15) is 0 Å². The van der Waals surface area contributed by atoms with Crippen LogP contribution in [0.2, 0.25) is 0 Å². The van der Waals surface area contributed by atoms with E-state index in [1.165, 1.54) is 37.8 Å². The van der Waals surface area contributed by atoms with Crippen molar-refractivity contribution in [1.82, 2.24) is 5.32 Å². The largest absolute Gasteiger partial charge is 0.314 e. The summed E-state index contributed by atoms with van der Waals surface area (Å²) in [5, 5.41) is 3.55. The molecule has 0 saturated carbocycles. The van der Waals surface area contributed by atoms with Gasteiger partial charge >= 0.3 is 0 Å². The summed E-state index contributed by atoms with van der Waals surface area (Å²) in [4.78, 5) is 0. The minimum absolute atomic E-state index is 0.712. The normalized spacial score (nSPS) is 24.5. The Hall–Kier alpha value is -0.560. The Kier molecular flexibility index (Phi) is 4.23. The molecule has 1 N–H and O–H groups in total. The van der Waals surface area contributed by atoms with Crippen molar-refractivity contribution in [2.45, 2.75) is 45.6 Å². The fourth-order valence-corrected chi connectivity index (χ4v) is 1.97. The highest BCUT2D eigenvalue weighted by Gasteiger charge is 2.11. The molecule has 13 heavy (non-hydrogen) atoms. The molecule has 0 aliphatic carbocycles. The van der Waals surface area contributed by atoms with E-state index in [1.54, 1.807) is 0 Å². The van der Waals surface area contributed by atoms with E-state index in [-0.39, 0.29) is 0 Å². The summed E-state index contributed by atoms with van der Waals surface area (Å²) < 4.78 is 0. The summed E-state index contributed by atoms with van der Waals surface area (Å²) >= 11 is 0. The minimum Gasteiger partial charge on any atom is -0.314 e. The average Bonchev–Trinajstić information content (AvgIpc) is 2.04. The topological polar surface area (TPSA) is 12.0 Å². The Morgan fingerprint density at radius 3 is 2.77 bits per heavy atom. The Labute approximate surface area is 81.9 Å². The number of rotatable bonds is 3. The van der Waals surface area contributed by atoms with Gasteiger partial charge in [-0.1, -0.05) is 30.2 Å². The van der Waals surface area contributed by atoms with Crippen LogP contribution >= 0.6 is 0 Å². The summed E-state index contributed by atoms with van der Waals surface area (Å²) in [5.74, 6) is 0. The highest BCUT2D eigenvalue weighted by molar-refractivity contribution is 5.17. The smallest absolute Gasteiger partial charge is 0.0104 e. The second kappa shape index (κ2) is 5.23. The van der Waals surface area contributed by atoms with Gasteiger partial charge < -0.3 is 5.32 Å². The first-order valence-electron chi connectivity index (χ1n) is 5.24. The molecule has 1 unspecified atom stereocenters. The number of hydrogen-bond donors (Lipinski definition) is 1. The average molecular weight is 179 g/mol. The second-order valence-corrected chi connectivity index (χ2v) is 4.19. The maximum absolute atomic E-state index is 3.89. The van der Waals surface area contributed by atoms with Crippen LogP contribution in [0, 0.1) is 0 Å². The predicted molar refractivity (Wildman–Crippen MR) is 58.8 cm³/mol. The van der Waals surface area contributed by atoms with Gasteiger partial charge in [0.05, 0.1) is 0 Å². The van der Waals surface area contributed by atoms with Crippen LogP contribution in [0.5, 0.6) is 0 Å². The van der Waals surface area contributed by atoms with Crippen LogP contribution in [-0.4, -0.2) is 12.6 Å². The van der Waals surface area contributed by atoms with Crippen molar-refractivity contribution >= 4 is 0 Å². The molecule has 1 atom stereocenters. The van der Waals surface area contributed by atoms with Gasteiger partial charge in [0.15, 0.2) is 0 Å². The SMILES string of the molecule is C=C(C)/C=C(/C)CC1CCCCN1. The Morgan fingerprint density at radius 1 is 1.46 bits per heavy atom. The van der Waals surface area contributed by atoms with E-state index in [2.05, 4.69) is 31.8 Å². The lowest BCUT2D eigenvalue weighted by atomic mass is 9.98. The fraction of sp³-hybridized carbons (Fsp3) is 0.667. The fourth-order valence-electron chi connectivity index (χ4n) is 1.97. The van der Waals surface area contributed by atoms with E-state index >= 15 is 0 Å². The van der Waals surface area contributed by atoms with Gasteiger partial charge in [-0.3, -0.25) is 0 Å². The third-order valence-corrected chi connectivity index (χ3v) is 2.47. The molecule has 1 aliphatic heterocycles. The van der Waals surface area contributed by atoms with E-state index in [1.807, 2.05) is 0 Å². The molecule has 0 aromatic heterocycles. The van der Waals surface area contributed by atoms with Crippen LogP contribution in [0.15, 0.2) is 23.8 Å². The first-order chi connectivity index (χ1) is 6.18. The summed E-state index contributed by atoms with van der Waals surface area (Å²) in [6, 6.07) is 0.712. The van der Waals surface area contributed by atoms with Gasteiger partial charge in [-0.25, -0.2) is 0 Å². The molecule has 1 fully saturated rings. The summed E-state index contributed by atoms with van der Waals surface area (Å²) in [6.07, 6.45) is 7.45. The Bertz CT molecular complexity index is 197. The summed E-state index contributed by atoms with van der Waals surface area (Å²) in [6.45, 7) is 9.34. The van der Waals surface area contributed by atoms with Gasteiger partial charge in [0, 0.05) is 6.04 Å². The molecule has 0 aromatic carbocycles. The molecular formula is C12H21N. The molecule has 0 spiro atoms. The van der Waals surface area contributed by atoms with E-state index in [4.69, 9.17) is 0 Å². The molecule has 1 saturated heterocycles. The monoisotopic (exact) mass is 179 g/mol. The van der Waals surface area contributed by atoms with Crippen molar-refractivity contribution in [3.05, 3.63) is 23.8 Å². The number of nitrogens with one attached hydrogen (secondary N) is 1. The van der Waals surface area contributed by atoms with E-state index in [0.717, 1.165) is 5.57 Å². The van der Waals surface area contributed by atoms with Crippen molar-refractivity contribution in [3.63, 3.8) is 0 Å². The highest BCUT2D eigenvalue weighted by atomic mass is 14.9. The van der Waals surface area contributed by atoms with Crippen LogP contribution < -0.4 is 5.32 Å². The lowest BCUT2D eigenvalue weighted by molar-refractivity contribution is 0.398. The Morgan fingerprint density at radius 2 is 2.23 bits per heavy atom. The van der Waals surface area contributed by atoms with Crippen molar-refractivity contribution in [2.24, 2.45) is 0 Å². The van der Waals surface area contributed by atoms with Crippen LogP contribution in [0.3, 0.4) is 0 Å². The third kappa shape index (κ3) is 4.28. The molecule has 1 rings (SSSR count). The lowest BCUT2D eigenvalue weighted by Gasteiger charge is -2.23. The molecule has 0 amide bonds. The zero-order chi connectivity index (χ0) is 9.68. The molecule has 1 heterocycles. The number of piperidine rings is 1. The predicted octanol–water partition coefficient (Wildman–Crippen LogP) is 3.04. The molecule has 0 radical (unpaired) electrons. The first kappa shape index (κ1) is 10.5. The molecule has 0 bridgehead atoms. The van der Waals surface area contributed by atoms with Crippen LogP contribution in [0.25, 0.3) is 0 Å². The van der Waals surface area contributed by atoms with Crippen LogP contribution in [0.4, 0.5) is 0 Å². The van der Waals surface area contributed by atoms with E-state index < -0.39 is 0 Å². The molecule has 1 nitrogen and oxygen atoms in total. The van der Waals surface area contributed by atoms with Gasteiger partial charge in [-0.2, -0.15) is 0 Å². The lowest BCUT2D eigenvalue weighted by Crippen LogP contribution is -2.33. The van der Waals surface area contributed by atoms with Crippen molar-refractivity contribution in [2.75, 3.05) is 6.54 Å². The minimum atomic E-state index is 0.712. The molecule has 0 aromatic rings. The molecule has 1 heteroatoms. The second-order valence-electron chi connectivity index (χ2n) is 4.19. The van der Waals surface area contributed by atoms with E-state index in [9.17, 15) is 0 Å². The van der Waals surface area contributed by atoms with Crippen LogP contribution in [-0.2, 0) is 0 Å². The zero-order valence-corrected chi connectivity index (χ0v) is 8.90. The van der Waals surface area contributed by atoms with Gasteiger partial charge in [0.2, 0.25) is 0 Å². The molecule has 74 valence electrons. The van der Waals surface area contributed by atoms with Crippen LogP contribution in [0.1, 0.15) is 39.5 Å². The summed E-state index contributed by atoms with van der Waals surface area (Å²) in [5.41, 5.74) is 2.61.